The Kier molecular flexibility index (Phi) is 4.36. The van der Waals surface area contributed by atoms with Crippen LogP contribution in [0.4, 0.5) is 0 Å². The fourth-order valence-electron chi connectivity index (χ4n) is 2.02. The van der Waals surface area contributed by atoms with Gasteiger partial charge in [-0.15, -0.1) is 11.3 Å². The van der Waals surface area contributed by atoms with Gasteiger partial charge >= 0.3 is 0 Å². The van der Waals surface area contributed by atoms with Gasteiger partial charge in [-0.25, -0.2) is 0 Å². The average molecular weight is 238 g/mol. The van der Waals surface area contributed by atoms with Gasteiger partial charge in [-0.2, -0.15) is 0 Å². The Hall–Kier alpha value is -0.870. The van der Waals surface area contributed by atoms with Crippen LogP contribution in [0.25, 0.3) is 0 Å². The van der Waals surface area contributed by atoms with Crippen molar-refractivity contribution in [3.05, 3.63) is 22.4 Å². The molecule has 2 rings (SSSR count). The van der Waals surface area contributed by atoms with Gasteiger partial charge in [0.2, 0.25) is 5.91 Å². The molecule has 0 saturated carbocycles. The van der Waals surface area contributed by atoms with Gasteiger partial charge in [0.1, 0.15) is 0 Å². The fraction of sp³-hybridized carbons (Fsp3) is 0.583. The molecule has 4 heteroatoms. The number of rotatable bonds is 5. The maximum Gasteiger partial charge on any atom is 0.225 e. The maximum atomic E-state index is 11.6. The Morgan fingerprint density at radius 2 is 2.56 bits per heavy atom. The minimum absolute atomic E-state index is 0.139. The smallest absolute Gasteiger partial charge is 0.225 e. The van der Waals surface area contributed by atoms with Crippen LogP contribution in [0.15, 0.2) is 17.5 Å². The molecule has 3 nitrogen and oxygen atoms in total. The Bertz CT molecular complexity index is 318. The molecule has 0 aliphatic carbocycles. The van der Waals surface area contributed by atoms with E-state index in [9.17, 15) is 4.79 Å². The van der Waals surface area contributed by atoms with Crippen LogP contribution in [0.1, 0.15) is 24.1 Å². The van der Waals surface area contributed by atoms with E-state index in [1.807, 2.05) is 17.5 Å². The number of nitrogens with one attached hydrogen (secondary N) is 2. The molecule has 0 spiro atoms. The van der Waals surface area contributed by atoms with E-state index in [1.165, 1.54) is 12.8 Å². The Morgan fingerprint density at radius 1 is 1.62 bits per heavy atom. The molecule has 0 radical (unpaired) electrons. The second-order valence-corrected chi connectivity index (χ2v) is 5.22. The van der Waals surface area contributed by atoms with E-state index in [2.05, 4.69) is 10.6 Å². The molecule has 1 atom stereocenters. The van der Waals surface area contributed by atoms with Crippen LogP contribution in [-0.4, -0.2) is 25.0 Å². The van der Waals surface area contributed by atoms with E-state index >= 15 is 0 Å². The number of carbonyl (C=O) groups is 1. The number of hydrogen-bond acceptors (Lipinski definition) is 3. The van der Waals surface area contributed by atoms with Gasteiger partial charge in [0.25, 0.3) is 0 Å². The minimum atomic E-state index is 0.139. The van der Waals surface area contributed by atoms with E-state index < -0.39 is 0 Å². The summed E-state index contributed by atoms with van der Waals surface area (Å²) >= 11 is 1.64. The third-order valence-corrected chi connectivity index (χ3v) is 3.77. The van der Waals surface area contributed by atoms with Crippen molar-refractivity contribution < 1.29 is 4.79 Å². The largest absolute Gasteiger partial charge is 0.356 e. The zero-order valence-corrected chi connectivity index (χ0v) is 10.2. The highest BCUT2D eigenvalue weighted by Gasteiger charge is 2.13. The van der Waals surface area contributed by atoms with Crippen molar-refractivity contribution in [1.82, 2.24) is 10.6 Å². The Morgan fingerprint density at radius 3 is 3.25 bits per heavy atom. The molecule has 88 valence electrons. The van der Waals surface area contributed by atoms with Crippen molar-refractivity contribution in [3.8, 4) is 0 Å². The van der Waals surface area contributed by atoms with Crippen LogP contribution >= 0.6 is 11.3 Å². The van der Waals surface area contributed by atoms with E-state index in [4.69, 9.17) is 0 Å². The molecular formula is C12H18N2OS. The standard InChI is InChI=1S/C12H18N2OS/c15-12(9-11-4-2-8-16-11)14-7-5-10-3-1-6-13-10/h2,4,8,10,13H,1,3,5-7,9H2,(H,14,15)/t10-/m0/s1. The number of thiophene rings is 1. The van der Waals surface area contributed by atoms with E-state index in [0.29, 0.717) is 12.5 Å². The minimum Gasteiger partial charge on any atom is -0.356 e. The first kappa shape index (κ1) is 11.6. The molecule has 16 heavy (non-hydrogen) atoms. The Balaban J connectivity index is 1.60. The first-order valence-electron chi connectivity index (χ1n) is 5.87. The van der Waals surface area contributed by atoms with Gasteiger partial charge in [-0.1, -0.05) is 6.07 Å². The van der Waals surface area contributed by atoms with Crippen LogP contribution in [0, 0.1) is 0 Å². The highest BCUT2D eigenvalue weighted by atomic mass is 32.1. The van der Waals surface area contributed by atoms with Crippen LogP contribution in [0.5, 0.6) is 0 Å². The van der Waals surface area contributed by atoms with Gasteiger partial charge in [0.15, 0.2) is 0 Å². The average Bonchev–Trinajstić information content (AvgIpc) is 2.90. The summed E-state index contributed by atoms with van der Waals surface area (Å²) in [6.07, 6.45) is 4.10. The van der Waals surface area contributed by atoms with Gasteiger partial charge < -0.3 is 10.6 Å². The van der Waals surface area contributed by atoms with Gasteiger partial charge in [0, 0.05) is 17.5 Å². The first-order valence-corrected chi connectivity index (χ1v) is 6.75. The summed E-state index contributed by atoms with van der Waals surface area (Å²) in [6, 6.07) is 4.60. The van der Waals surface area contributed by atoms with Gasteiger partial charge in [-0.05, 0) is 37.3 Å². The number of carbonyl (C=O) groups excluding carboxylic acids is 1. The molecule has 1 aromatic rings. The lowest BCUT2D eigenvalue weighted by atomic mass is 10.1. The summed E-state index contributed by atoms with van der Waals surface area (Å²) in [4.78, 5) is 12.7. The summed E-state index contributed by atoms with van der Waals surface area (Å²) in [7, 11) is 0. The quantitative estimate of drug-likeness (QED) is 0.817. The van der Waals surface area contributed by atoms with E-state index in [1.54, 1.807) is 11.3 Å². The predicted molar refractivity (Wildman–Crippen MR) is 66.7 cm³/mol. The second-order valence-electron chi connectivity index (χ2n) is 4.19. The number of amides is 1. The third-order valence-electron chi connectivity index (χ3n) is 2.89. The topological polar surface area (TPSA) is 41.1 Å². The summed E-state index contributed by atoms with van der Waals surface area (Å²) in [6.45, 7) is 1.93. The molecule has 0 aromatic carbocycles. The van der Waals surface area contributed by atoms with Crippen molar-refractivity contribution in [3.63, 3.8) is 0 Å². The van der Waals surface area contributed by atoms with Crippen LogP contribution < -0.4 is 10.6 Å². The summed E-state index contributed by atoms with van der Waals surface area (Å²) in [5.41, 5.74) is 0. The lowest BCUT2D eigenvalue weighted by molar-refractivity contribution is -0.120. The molecule has 2 N–H and O–H groups in total. The second kappa shape index (κ2) is 6.01. The molecule has 1 amide bonds. The van der Waals surface area contributed by atoms with Crippen molar-refractivity contribution in [2.24, 2.45) is 0 Å². The third kappa shape index (κ3) is 3.61. The molecular weight excluding hydrogens is 220 g/mol. The summed E-state index contributed by atoms with van der Waals surface area (Å²) in [5, 5.41) is 8.41. The fourth-order valence-corrected chi connectivity index (χ4v) is 2.73. The molecule has 1 saturated heterocycles. The van der Waals surface area contributed by atoms with Gasteiger partial charge in [0.05, 0.1) is 6.42 Å². The maximum absolute atomic E-state index is 11.6. The van der Waals surface area contributed by atoms with Gasteiger partial charge in [-0.3, -0.25) is 4.79 Å². The monoisotopic (exact) mass is 238 g/mol. The molecule has 2 heterocycles. The highest BCUT2D eigenvalue weighted by molar-refractivity contribution is 7.10. The van der Waals surface area contributed by atoms with Crippen LogP contribution in [-0.2, 0) is 11.2 Å². The molecule has 1 aromatic heterocycles. The first-order chi connectivity index (χ1) is 7.84. The molecule has 1 fully saturated rings. The van der Waals surface area contributed by atoms with Crippen molar-refractivity contribution in [2.45, 2.75) is 31.7 Å². The SMILES string of the molecule is O=C(Cc1cccs1)NCC[C@@H]1CCCN1. The van der Waals surface area contributed by atoms with Crippen molar-refractivity contribution >= 4 is 17.2 Å². The van der Waals surface area contributed by atoms with E-state index in [0.717, 1.165) is 24.4 Å². The van der Waals surface area contributed by atoms with Crippen molar-refractivity contribution in [1.29, 1.82) is 0 Å². The van der Waals surface area contributed by atoms with Crippen LogP contribution in [0.2, 0.25) is 0 Å². The highest BCUT2D eigenvalue weighted by Crippen LogP contribution is 2.09. The Labute approximate surface area is 100 Å². The van der Waals surface area contributed by atoms with Crippen LogP contribution in [0.3, 0.4) is 0 Å². The predicted octanol–water partition coefficient (Wildman–Crippen LogP) is 1.55. The van der Waals surface area contributed by atoms with Crippen molar-refractivity contribution in [2.75, 3.05) is 13.1 Å². The zero-order chi connectivity index (χ0) is 11.2. The summed E-state index contributed by atoms with van der Waals surface area (Å²) < 4.78 is 0. The molecule has 1 aliphatic heterocycles. The number of hydrogen-bond donors (Lipinski definition) is 2. The molecule has 1 aliphatic rings. The molecule has 0 bridgehead atoms. The lowest BCUT2D eigenvalue weighted by Gasteiger charge is -2.10. The molecule has 0 unspecified atom stereocenters. The zero-order valence-electron chi connectivity index (χ0n) is 9.37. The lowest BCUT2D eigenvalue weighted by Crippen LogP contribution is -2.31. The summed E-state index contributed by atoms with van der Waals surface area (Å²) in [5.74, 6) is 0.139. The van der Waals surface area contributed by atoms with E-state index in [-0.39, 0.29) is 5.91 Å². The normalized spacial score (nSPS) is 19.9.